The predicted octanol–water partition coefficient (Wildman–Crippen LogP) is 2.59. The number of para-hydroxylation sites is 1. The highest BCUT2D eigenvalue weighted by Crippen LogP contribution is 2.24. The topological polar surface area (TPSA) is 32.8 Å². The van der Waals surface area contributed by atoms with E-state index in [-0.39, 0.29) is 11.9 Å². The number of carbonyl (C=O) groups excluding carboxylic acids is 1. The Morgan fingerprint density at radius 1 is 1.41 bits per heavy atom. The first-order valence-corrected chi connectivity index (χ1v) is 9.04. The van der Waals surface area contributed by atoms with Gasteiger partial charge in [-0.05, 0) is 45.3 Å². The highest BCUT2D eigenvalue weighted by atomic mass is 32.2. The van der Waals surface area contributed by atoms with Crippen LogP contribution in [0, 0.1) is 0 Å². The first-order chi connectivity index (χ1) is 10.6. The summed E-state index contributed by atoms with van der Waals surface area (Å²) in [5, 5.41) is 0. The van der Waals surface area contributed by atoms with Crippen molar-refractivity contribution < 1.29 is 9.53 Å². The lowest BCUT2D eigenvalue weighted by Crippen LogP contribution is -2.46. The van der Waals surface area contributed by atoms with Crippen LogP contribution in [0.15, 0.2) is 24.3 Å². The summed E-state index contributed by atoms with van der Waals surface area (Å²) in [6.07, 6.45) is 1.05. The fourth-order valence-electron chi connectivity index (χ4n) is 2.75. The molecule has 1 aromatic rings. The average molecular weight is 322 g/mol. The van der Waals surface area contributed by atoms with Crippen molar-refractivity contribution in [3.8, 4) is 5.75 Å². The van der Waals surface area contributed by atoms with E-state index >= 15 is 0 Å². The third-order valence-electron chi connectivity index (χ3n) is 3.69. The van der Waals surface area contributed by atoms with E-state index in [0.29, 0.717) is 17.9 Å². The quantitative estimate of drug-likeness (QED) is 0.834. The molecule has 0 N–H and O–H groups in total. The highest BCUT2D eigenvalue weighted by Gasteiger charge is 2.28. The Morgan fingerprint density at radius 2 is 2.18 bits per heavy atom. The second kappa shape index (κ2) is 8.44. The first-order valence-electron chi connectivity index (χ1n) is 7.88. The maximum atomic E-state index is 13.1. The van der Waals surface area contributed by atoms with Crippen LogP contribution in [0.4, 0.5) is 0 Å². The molecular weight excluding hydrogens is 296 g/mol. The van der Waals surface area contributed by atoms with Crippen LogP contribution in [0.1, 0.15) is 23.7 Å². The molecule has 122 valence electrons. The van der Waals surface area contributed by atoms with Gasteiger partial charge in [0.1, 0.15) is 5.75 Å². The Bertz CT molecular complexity index is 493. The molecule has 1 aliphatic rings. The molecule has 4 nitrogen and oxygen atoms in total. The van der Waals surface area contributed by atoms with Crippen molar-refractivity contribution in [2.45, 2.75) is 19.4 Å². The molecule has 1 heterocycles. The second-order valence-electron chi connectivity index (χ2n) is 5.77. The molecule has 5 heteroatoms. The fourth-order valence-corrected chi connectivity index (χ4v) is 3.81. The summed E-state index contributed by atoms with van der Waals surface area (Å²) in [6.45, 7) is 4.24. The summed E-state index contributed by atoms with van der Waals surface area (Å²) in [6, 6.07) is 7.83. The molecule has 0 saturated carbocycles. The van der Waals surface area contributed by atoms with Gasteiger partial charge < -0.3 is 14.5 Å². The molecule has 22 heavy (non-hydrogen) atoms. The van der Waals surface area contributed by atoms with E-state index in [0.717, 1.165) is 31.0 Å². The number of amides is 1. The standard InChI is InChI=1S/C17H26N2O2S/c1-4-21-16-9-6-5-8-15(16)17(20)19-10-7-11-22-13-14(19)12-18(2)3/h5-6,8-9,14H,4,7,10-13H2,1-3H3. The summed E-state index contributed by atoms with van der Waals surface area (Å²) >= 11 is 1.94. The minimum Gasteiger partial charge on any atom is -0.493 e. The van der Waals surface area contributed by atoms with Gasteiger partial charge in [-0.25, -0.2) is 0 Å². The molecule has 1 unspecified atom stereocenters. The molecule has 1 saturated heterocycles. The zero-order valence-corrected chi connectivity index (χ0v) is 14.6. The zero-order valence-electron chi connectivity index (χ0n) is 13.7. The van der Waals surface area contributed by atoms with Gasteiger partial charge in [0, 0.05) is 18.8 Å². The van der Waals surface area contributed by atoms with Crippen LogP contribution in [-0.4, -0.2) is 67.0 Å². The van der Waals surface area contributed by atoms with Crippen molar-refractivity contribution in [2.75, 3.05) is 45.3 Å². The number of thioether (sulfide) groups is 1. The molecule has 0 aromatic heterocycles. The van der Waals surface area contributed by atoms with Crippen LogP contribution in [-0.2, 0) is 0 Å². The summed E-state index contributed by atoms with van der Waals surface area (Å²) in [5.74, 6) is 2.91. The smallest absolute Gasteiger partial charge is 0.257 e. The third-order valence-corrected chi connectivity index (χ3v) is 4.89. The number of ether oxygens (including phenoxy) is 1. The lowest BCUT2D eigenvalue weighted by atomic mass is 10.1. The Balaban J connectivity index is 2.24. The molecule has 0 bridgehead atoms. The van der Waals surface area contributed by atoms with E-state index in [2.05, 4.69) is 19.0 Å². The van der Waals surface area contributed by atoms with Gasteiger partial charge in [0.25, 0.3) is 5.91 Å². The summed E-state index contributed by atoms with van der Waals surface area (Å²) < 4.78 is 5.63. The van der Waals surface area contributed by atoms with Gasteiger partial charge >= 0.3 is 0 Å². The van der Waals surface area contributed by atoms with Gasteiger partial charge in [-0.15, -0.1) is 0 Å². The van der Waals surface area contributed by atoms with Gasteiger partial charge in [-0.3, -0.25) is 4.79 Å². The van der Waals surface area contributed by atoms with Crippen molar-refractivity contribution >= 4 is 17.7 Å². The van der Waals surface area contributed by atoms with Crippen LogP contribution in [0.3, 0.4) is 0 Å². The predicted molar refractivity (Wildman–Crippen MR) is 92.9 cm³/mol. The minimum absolute atomic E-state index is 0.0957. The number of rotatable bonds is 5. The minimum atomic E-state index is 0.0957. The highest BCUT2D eigenvalue weighted by molar-refractivity contribution is 7.99. The maximum absolute atomic E-state index is 13.1. The largest absolute Gasteiger partial charge is 0.493 e. The number of carbonyl (C=O) groups is 1. The monoisotopic (exact) mass is 322 g/mol. The number of hydrogen-bond donors (Lipinski definition) is 0. The van der Waals surface area contributed by atoms with E-state index < -0.39 is 0 Å². The Hall–Kier alpha value is -1.20. The van der Waals surface area contributed by atoms with Gasteiger partial charge in [0.05, 0.1) is 18.2 Å². The molecule has 1 fully saturated rings. The average Bonchev–Trinajstić information content (AvgIpc) is 2.72. The van der Waals surface area contributed by atoms with Gasteiger partial charge in [0.15, 0.2) is 0 Å². The van der Waals surface area contributed by atoms with E-state index in [1.807, 2.05) is 47.9 Å². The zero-order chi connectivity index (χ0) is 15.9. The van der Waals surface area contributed by atoms with E-state index in [1.165, 1.54) is 0 Å². The summed E-state index contributed by atoms with van der Waals surface area (Å²) in [7, 11) is 4.12. The number of likely N-dealkylation sites (N-methyl/N-ethyl adjacent to an activating group) is 1. The Morgan fingerprint density at radius 3 is 2.91 bits per heavy atom. The molecule has 0 spiro atoms. The Labute approximate surface area is 137 Å². The molecule has 2 rings (SSSR count). The van der Waals surface area contributed by atoms with Crippen LogP contribution in [0.5, 0.6) is 5.75 Å². The number of hydrogen-bond acceptors (Lipinski definition) is 4. The van der Waals surface area contributed by atoms with Gasteiger partial charge in [0.2, 0.25) is 0 Å². The molecule has 0 radical (unpaired) electrons. The van der Waals surface area contributed by atoms with E-state index in [9.17, 15) is 4.79 Å². The summed E-state index contributed by atoms with van der Waals surface area (Å²) in [4.78, 5) is 17.3. The van der Waals surface area contributed by atoms with Crippen molar-refractivity contribution in [2.24, 2.45) is 0 Å². The summed E-state index contributed by atoms with van der Waals surface area (Å²) in [5.41, 5.74) is 0.681. The fraction of sp³-hybridized carbons (Fsp3) is 0.588. The lowest BCUT2D eigenvalue weighted by Gasteiger charge is -2.32. The molecule has 1 aromatic carbocycles. The SMILES string of the molecule is CCOc1ccccc1C(=O)N1CCCSCC1CN(C)C. The van der Waals surface area contributed by atoms with E-state index in [1.54, 1.807) is 0 Å². The van der Waals surface area contributed by atoms with Crippen LogP contribution < -0.4 is 4.74 Å². The van der Waals surface area contributed by atoms with Crippen LogP contribution in [0.25, 0.3) is 0 Å². The lowest BCUT2D eigenvalue weighted by molar-refractivity contribution is 0.0671. The maximum Gasteiger partial charge on any atom is 0.257 e. The number of benzene rings is 1. The van der Waals surface area contributed by atoms with Crippen molar-refractivity contribution in [3.05, 3.63) is 29.8 Å². The van der Waals surface area contributed by atoms with Gasteiger partial charge in [-0.1, -0.05) is 12.1 Å². The van der Waals surface area contributed by atoms with Crippen LogP contribution in [0.2, 0.25) is 0 Å². The first kappa shape index (κ1) is 17.2. The molecule has 1 aliphatic heterocycles. The number of nitrogens with zero attached hydrogens (tertiary/aromatic N) is 2. The molecular formula is C17H26N2O2S. The molecule has 1 atom stereocenters. The van der Waals surface area contributed by atoms with Crippen molar-refractivity contribution in [1.29, 1.82) is 0 Å². The van der Waals surface area contributed by atoms with Crippen molar-refractivity contribution in [1.82, 2.24) is 9.80 Å². The molecule has 0 aliphatic carbocycles. The second-order valence-corrected chi connectivity index (χ2v) is 6.92. The van der Waals surface area contributed by atoms with Crippen molar-refractivity contribution in [3.63, 3.8) is 0 Å². The normalized spacial score (nSPS) is 19.1. The van der Waals surface area contributed by atoms with Gasteiger partial charge in [-0.2, -0.15) is 11.8 Å². The molecule has 1 amide bonds. The van der Waals surface area contributed by atoms with Crippen LogP contribution >= 0.6 is 11.8 Å². The Kier molecular flexibility index (Phi) is 6.58. The van der Waals surface area contributed by atoms with E-state index in [4.69, 9.17) is 4.74 Å². The third kappa shape index (κ3) is 4.40.